The summed E-state index contributed by atoms with van der Waals surface area (Å²) >= 11 is 4.83. The molecule has 1 aromatic heterocycles. The van der Waals surface area contributed by atoms with Crippen LogP contribution in [0.4, 0.5) is 27.6 Å². The Labute approximate surface area is 118 Å². The molecule has 0 bridgehead atoms. The van der Waals surface area contributed by atoms with Crippen molar-refractivity contribution in [3.63, 3.8) is 0 Å². The predicted molar refractivity (Wildman–Crippen MR) is 65.8 cm³/mol. The lowest BCUT2D eigenvalue weighted by atomic mass is 10.2. The van der Waals surface area contributed by atoms with Crippen LogP contribution < -0.4 is 5.32 Å². The quantitative estimate of drug-likeness (QED) is 0.372. The molecule has 2 nitrogen and oxygen atoms in total. The summed E-state index contributed by atoms with van der Waals surface area (Å²) in [6.45, 7) is 0. The first-order valence-electron chi connectivity index (χ1n) is 4.93. The van der Waals surface area contributed by atoms with Crippen LogP contribution in [-0.4, -0.2) is 5.91 Å². The normalized spacial score (nSPS) is 10.7. The summed E-state index contributed by atoms with van der Waals surface area (Å²) in [5.74, 6) is -11.7. The van der Waals surface area contributed by atoms with Crippen LogP contribution in [-0.2, 0) is 0 Å². The van der Waals surface area contributed by atoms with E-state index in [4.69, 9.17) is 0 Å². The molecule has 0 unspecified atom stereocenters. The van der Waals surface area contributed by atoms with Gasteiger partial charge in [0.2, 0.25) is 5.82 Å². The van der Waals surface area contributed by atoms with Crippen LogP contribution in [0.15, 0.2) is 16.3 Å². The molecule has 0 saturated carbocycles. The van der Waals surface area contributed by atoms with Crippen LogP contribution in [0.3, 0.4) is 0 Å². The standard InChI is InChI=1S/C11H4F5NOS2/c12-5-6(13)8(15)10(9(16)7(5)14)17-11(18)4-1-3(19)2-20-4/h1-2,19H,(H,17,18). The van der Waals surface area contributed by atoms with E-state index in [1.807, 2.05) is 0 Å². The Morgan fingerprint density at radius 1 is 1.00 bits per heavy atom. The third kappa shape index (κ3) is 2.50. The Bertz CT molecular complexity index is 671. The zero-order valence-electron chi connectivity index (χ0n) is 9.31. The minimum absolute atomic E-state index is 0.0129. The van der Waals surface area contributed by atoms with Crippen LogP contribution in [0.25, 0.3) is 0 Å². The highest BCUT2D eigenvalue weighted by Gasteiger charge is 2.27. The van der Waals surface area contributed by atoms with Crippen molar-refractivity contribution >= 4 is 35.6 Å². The molecular weight excluding hydrogens is 321 g/mol. The van der Waals surface area contributed by atoms with E-state index >= 15 is 0 Å². The number of rotatable bonds is 2. The number of hydrogen-bond donors (Lipinski definition) is 2. The van der Waals surface area contributed by atoms with Gasteiger partial charge in [0.1, 0.15) is 5.69 Å². The Kier molecular flexibility index (Phi) is 4.00. The Morgan fingerprint density at radius 2 is 1.50 bits per heavy atom. The number of benzene rings is 1. The first kappa shape index (κ1) is 14.8. The average Bonchev–Trinajstić information content (AvgIpc) is 2.85. The molecular formula is C11H4F5NOS2. The van der Waals surface area contributed by atoms with Gasteiger partial charge in [-0.3, -0.25) is 4.79 Å². The SMILES string of the molecule is O=C(Nc1c(F)c(F)c(F)c(F)c1F)c1cc(S)cs1. The molecule has 0 aliphatic rings. The van der Waals surface area contributed by atoms with Crippen LogP contribution in [0.2, 0.25) is 0 Å². The molecule has 0 aliphatic heterocycles. The van der Waals surface area contributed by atoms with Crippen LogP contribution >= 0.6 is 24.0 Å². The molecule has 0 saturated heterocycles. The van der Waals surface area contributed by atoms with Gasteiger partial charge in [0.25, 0.3) is 5.91 Å². The molecule has 20 heavy (non-hydrogen) atoms. The molecule has 1 heterocycles. The largest absolute Gasteiger partial charge is 0.316 e. The minimum atomic E-state index is -2.29. The summed E-state index contributed by atoms with van der Waals surface area (Å²) in [5, 5.41) is 3.13. The van der Waals surface area contributed by atoms with Crippen molar-refractivity contribution in [2.75, 3.05) is 5.32 Å². The maximum Gasteiger partial charge on any atom is 0.265 e. The van der Waals surface area contributed by atoms with E-state index in [9.17, 15) is 26.7 Å². The number of halogens is 5. The van der Waals surface area contributed by atoms with Gasteiger partial charge in [-0.2, -0.15) is 0 Å². The predicted octanol–water partition coefficient (Wildman–Crippen LogP) is 3.98. The van der Waals surface area contributed by atoms with E-state index < -0.39 is 40.7 Å². The fourth-order valence-electron chi connectivity index (χ4n) is 1.34. The van der Waals surface area contributed by atoms with E-state index in [1.165, 1.54) is 11.4 Å². The van der Waals surface area contributed by atoms with E-state index in [0.29, 0.717) is 4.90 Å². The smallest absolute Gasteiger partial charge is 0.265 e. The molecule has 1 N–H and O–H groups in total. The fourth-order valence-corrected chi connectivity index (χ4v) is 2.38. The second-order valence-electron chi connectivity index (χ2n) is 3.57. The van der Waals surface area contributed by atoms with Crippen LogP contribution in [0.5, 0.6) is 0 Å². The van der Waals surface area contributed by atoms with Crippen molar-refractivity contribution in [1.29, 1.82) is 0 Å². The van der Waals surface area contributed by atoms with E-state index in [1.54, 1.807) is 5.32 Å². The van der Waals surface area contributed by atoms with Gasteiger partial charge < -0.3 is 5.32 Å². The summed E-state index contributed by atoms with van der Waals surface area (Å²) < 4.78 is 65.4. The van der Waals surface area contributed by atoms with Gasteiger partial charge in [0, 0.05) is 10.3 Å². The Hall–Kier alpha value is -1.61. The third-order valence-electron chi connectivity index (χ3n) is 2.26. The molecule has 0 aliphatic carbocycles. The van der Waals surface area contributed by atoms with Gasteiger partial charge in [0.15, 0.2) is 23.3 Å². The van der Waals surface area contributed by atoms with E-state index in [-0.39, 0.29) is 4.88 Å². The highest BCUT2D eigenvalue weighted by Crippen LogP contribution is 2.28. The summed E-state index contributed by atoms with van der Waals surface area (Å²) in [6.07, 6.45) is 0. The van der Waals surface area contributed by atoms with Crippen molar-refractivity contribution in [1.82, 2.24) is 0 Å². The van der Waals surface area contributed by atoms with Gasteiger partial charge in [-0.1, -0.05) is 0 Å². The number of hydrogen-bond acceptors (Lipinski definition) is 3. The number of amides is 1. The molecule has 2 aromatic rings. The minimum Gasteiger partial charge on any atom is -0.316 e. The monoisotopic (exact) mass is 325 g/mol. The number of carbonyl (C=O) groups is 1. The van der Waals surface area contributed by atoms with Gasteiger partial charge in [-0.15, -0.1) is 24.0 Å². The van der Waals surface area contributed by atoms with E-state index in [0.717, 1.165) is 11.3 Å². The van der Waals surface area contributed by atoms with Gasteiger partial charge >= 0.3 is 0 Å². The van der Waals surface area contributed by atoms with Crippen molar-refractivity contribution < 1.29 is 26.7 Å². The maximum atomic E-state index is 13.3. The summed E-state index contributed by atoms with van der Waals surface area (Å²) in [5.41, 5.74) is -1.39. The summed E-state index contributed by atoms with van der Waals surface area (Å²) in [4.78, 5) is 12.1. The first-order valence-corrected chi connectivity index (χ1v) is 6.26. The number of carbonyl (C=O) groups excluding carboxylic acids is 1. The molecule has 0 fully saturated rings. The highest BCUT2D eigenvalue weighted by molar-refractivity contribution is 7.80. The third-order valence-corrected chi connectivity index (χ3v) is 3.62. The lowest BCUT2D eigenvalue weighted by molar-refractivity contribution is 0.102. The zero-order chi connectivity index (χ0) is 15.0. The molecule has 0 spiro atoms. The number of anilines is 1. The number of thiophene rings is 1. The van der Waals surface area contributed by atoms with Gasteiger partial charge in [0.05, 0.1) is 4.88 Å². The molecule has 0 atom stereocenters. The lowest BCUT2D eigenvalue weighted by Gasteiger charge is -2.08. The number of thiol groups is 1. The fraction of sp³-hybridized carbons (Fsp3) is 0. The zero-order valence-corrected chi connectivity index (χ0v) is 11.0. The van der Waals surface area contributed by atoms with Crippen molar-refractivity contribution in [2.45, 2.75) is 4.90 Å². The lowest BCUT2D eigenvalue weighted by Crippen LogP contribution is -2.16. The Balaban J connectivity index is 2.42. The Morgan fingerprint density at radius 3 is 1.95 bits per heavy atom. The molecule has 106 valence electrons. The molecule has 1 amide bonds. The maximum absolute atomic E-state index is 13.3. The second-order valence-corrected chi connectivity index (χ2v) is 5.00. The molecule has 1 aromatic carbocycles. The topological polar surface area (TPSA) is 29.1 Å². The second kappa shape index (κ2) is 5.41. The molecule has 9 heteroatoms. The first-order chi connectivity index (χ1) is 9.32. The van der Waals surface area contributed by atoms with Gasteiger partial charge in [-0.25, -0.2) is 22.0 Å². The van der Waals surface area contributed by atoms with Gasteiger partial charge in [-0.05, 0) is 6.07 Å². The van der Waals surface area contributed by atoms with Crippen LogP contribution in [0, 0.1) is 29.1 Å². The molecule has 2 rings (SSSR count). The number of nitrogens with one attached hydrogen (secondary N) is 1. The van der Waals surface area contributed by atoms with Crippen LogP contribution in [0.1, 0.15) is 9.67 Å². The van der Waals surface area contributed by atoms with Crippen molar-refractivity contribution in [3.05, 3.63) is 45.4 Å². The average molecular weight is 325 g/mol. The summed E-state index contributed by atoms with van der Waals surface area (Å²) in [7, 11) is 0. The molecule has 0 radical (unpaired) electrons. The van der Waals surface area contributed by atoms with Crippen molar-refractivity contribution in [2.24, 2.45) is 0 Å². The van der Waals surface area contributed by atoms with E-state index in [2.05, 4.69) is 12.6 Å². The van der Waals surface area contributed by atoms with Crippen molar-refractivity contribution in [3.8, 4) is 0 Å². The highest BCUT2D eigenvalue weighted by atomic mass is 32.1. The summed E-state index contributed by atoms with van der Waals surface area (Å²) in [6, 6.07) is 1.29.